The van der Waals surface area contributed by atoms with Gasteiger partial charge in [0.05, 0.1) is 0 Å². The van der Waals surface area contributed by atoms with Crippen LogP contribution in [-0.2, 0) is 6.42 Å². The number of hydrogen-bond acceptors (Lipinski definition) is 1. The molecule has 0 spiro atoms. The summed E-state index contributed by atoms with van der Waals surface area (Å²) in [7, 11) is 0. The van der Waals surface area contributed by atoms with E-state index in [-0.39, 0.29) is 11.4 Å². The van der Waals surface area contributed by atoms with Gasteiger partial charge < -0.3 is 5.32 Å². The third-order valence-corrected chi connectivity index (χ3v) is 2.73. The summed E-state index contributed by atoms with van der Waals surface area (Å²) in [6.07, 6.45) is 1.97. The van der Waals surface area contributed by atoms with E-state index in [1.54, 1.807) is 0 Å². The highest BCUT2D eigenvalue weighted by atomic mass is 16.1. The Balaban J connectivity index is 0.000000606. The lowest BCUT2D eigenvalue weighted by Gasteiger charge is -2.23. The lowest BCUT2D eigenvalue weighted by atomic mass is 9.97. The van der Waals surface area contributed by atoms with Gasteiger partial charge in [-0.15, -0.1) is 0 Å². The van der Waals surface area contributed by atoms with E-state index in [1.807, 2.05) is 38.1 Å². The Morgan fingerprint density at radius 3 is 2.50 bits per heavy atom. The van der Waals surface area contributed by atoms with E-state index < -0.39 is 0 Å². The average molecular weight is 219 g/mol. The molecule has 1 aliphatic rings. The second-order valence-corrected chi connectivity index (χ2v) is 4.50. The summed E-state index contributed by atoms with van der Waals surface area (Å²) in [4.78, 5) is 11.8. The smallest absolute Gasteiger partial charge is 0.251 e. The van der Waals surface area contributed by atoms with Gasteiger partial charge in [0.1, 0.15) is 0 Å². The zero-order valence-corrected chi connectivity index (χ0v) is 10.6. The molecule has 0 fully saturated rings. The van der Waals surface area contributed by atoms with Gasteiger partial charge in [-0.1, -0.05) is 32.0 Å². The minimum Gasteiger partial charge on any atom is -0.347 e. The maximum Gasteiger partial charge on any atom is 0.251 e. The van der Waals surface area contributed by atoms with Gasteiger partial charge in [-0.3, -0.25) is 4.79 Å². The van der Waals surface area contributed by atoms with E-state index in [9.17, 15) is 4.79 Å². The SMILES string of the molecule is CC.CC1(C)CCc2ccccc2C(=O)N1. The number of fused-ring (bicyclic) bond motifs is 1. The largest absolute Gasteiger partial charge is 0.347 e. The van der Waals surface area contributed by atoms with E-state index in [1.165, 1.54) is 0 Å². The lowest BCUT2D eigenvalue weighted by Crippen LogP contribution is -2.42. The van der Waals surface area contributed by atoms with Crippen LogP contribution in [0.4, 0.5) is 0 Å². The Bertz CT molecular complexity index is 369. The molecule has 0 saturated heterocycles. The number of aryl methyl sites for hydroxylation is 1. The maximum absolute atomic E-state index is 11.8. The molecule has 1 N–H and O–H groups in total. The molecule has 1 aromatic rings. The summed E-state index contributed by atoms with van der Waals surface area (Å²) in [6.45, 7) is 8.13. The summed E-state index contributed by atoms with van der Waals surface area (Å²) < 4.78 is 0. The van der Waals surface area contributed by atoms with Crippen LogP contribution in [0.1, 0.15) is 50.0 Å². The fraction of sp³-hybridized carbons (Fsp3) is 0.500. The monoisotopic (exact) mass is 219 g/mol. The molecule has 2 rings (SSSR count). The first kappa shape index (κ1) is 12.8. The molecule has 88 valence electrons. The second-order valence-electron chi connectivity index (χ2n) is 4.50. The van der Waals surface area contributed by atoms with Gasteiger partial charge in [-0.05, 0) is 38.3 Å². The summed E-state index contributed by atoms with van der Waals surface area (Å²) in [5.74, 6) is 0.0584. The van der Waals surface area contributed by atoms with Gasteiger partial charge in [0, 0.05) is 11.1 Å². The molecule has 2 nitrogen and oxygen atoms in total. The molecule has 0 aromatic heterocycles. The van der Waals surface area contributed by atoms with Crippen LogP contribution >= 0.6 is 0 Å². The van der Waals surface area contributed by atoms with Crippen LogP contribution in [0.2, 0.25) is 0 Å². The second kappa shape index (κ2) is 5.15. The number of benzene rings is 1. The minimum atomic E-state index is -0.0872. The summed E-state index contributed by atoms with van der Waals surface area (Å²) >= 11 is 0. The van der Waals surface area contributed by atoms with Crippen molar-refractivity contribution in [3.05, 3.63) is 35.4 Å². The predicted octanol–water partition coefficient (Wildman–Crippen LogP) is 3.17. The van der Waals surface area contributed by atoms with Gasteiger partial charge in [-0.2, -0.15) is 0 Å². The topological polar surface area (TPSA) is 29.1 Å². The number of amides is 1. The van der Waals surface area contributed by atoms with Gasteiger partial charge in [0.2, 0.25) is 0 Å². The van der Waals surface area contributed by atoms with E-state index >= 15 is 0 Å². The van der Waals surface area contributed by atoms with Gasteiger partial charge in [0.15, 0.2) is 0 Å². The molecule has 1 aromatic carbocycles. The lowest BCUT2D eigenvalue weighted by molar-refractivity contribution is 0.0916. The zero-order chi connectivity index (χ0) is 12.2. The molecule has 1 amide bonds. The van der Waals surface area contributed by atoms with Crippen LogP contribution in [0.5, 0.6) is 0 Å². The van der Waals surface area contributed by atoms with E-state index in [4.69, 9.17) is 0 Å². The van der Waals surface area contributed by atoms with Crippen molar-refractivity contribution in [1.29, 1.82) is 0 Å². The van der Waals surface area contributed by atoms with E-state index in [2.05, 4.69) is 19.2 Å². The standard InChI is InChI=1S/C12H15NO.C2H6/c1-12(2)8-7-9-5-3-4-6-10(9)11(14)13-12;1-2/h3-6H,7-8H2,1-2H3,(H,13,14);1-2H3. The Morgan fingerprint density at radius 2 is 1.81 bits per heavy atom. The Hall–Kier alpha value is -1.31. The quantitative estimate of drug-likeness (QED) is 0.713. The van der Waals surface area contributed by atoms with Gasteiger partial charge in [-0.25, -0.2) is 0 Å². The van der Waals surface area contributed by atoms with Crippen molar-refractivity contribution in [1.82, 2.24) is 5.32 Å². The minimum absolute atomic E-state index is 0.0584. The fourth-order valence-electron chi connectivity index (χ4n) is 1.84. The van der Waals surface area contributed by atoms with Crippen molar-refractivity contribution in [3.63, 3.8) is 0 Å². The van der Waals surface area contributed by atoms with Crippen LogP contribution < -0.4 is 5.32 Å². The summed E-state index contributed by atoms with van der Waals surface area (Å²) in [6, 6.07) is 7.84. The Labute approximate surface area is 98.1 Å². The van der Waals surface area contributed by atoms with Crippen molar-refractivity contribution in [2.45, 2.75) is 46.1 Å². The Morgan fingerprint density at radius 1 is 1.19 bits per heavy atom. The molecule has 0 aliphatic carbocycles. The molecule has 0 bridgehead atoms. The first-order chi connectivity index (χ1) is 7.58. The summed E-state index contributed by atoms with van der Waals surface area (Å²) in [5, 5.41) is 3.04. The average Bonchev–Trinajstić information content (AvgIpc) is 2.39. The predicted molar refractivity (Wildman–Crippen MR) is 67.7 cm³/mol. The number of hydrogen-bond donors (Lipinski definition) is 1. The molecular weight excluding hydrogens is 198 g/mol. The molecule has 2 heteroatoms. The number of carbonyl (C=O) groups is 1. The molecule has 0 unspecified atom stereocenters. The molecule has 1 heterocycles. The van der Waals surface area contributed by atoms with Crippen molar-refractivity contribution in [2.75, 3.05) is 0 Å². The van der Waals surface area contributed by atoms with Crippen LogP contribution in [0.3, 0.4) is 0 Å². The third kappa shape index (κ3) is 2.84. The first-order valence-corrected chi connectivity index (χ1v) is 5.99. The molecule has 16 heavy (non-hydrogen) atoms. The highest BCUT2D eigenvalue weighted by Gasteiger charge is 2.26. The number of rotatable bonds is 0. The van der Waals surface area contributed by atoms with Crippen molar-refractivity contribution < 1.29 is 4.79 Å². The van der Waals surface area contributed by atoms with Crippen LogP contribution in [0, 0.1) is 0 Å². The summed E-state index contributed by atoms with van der Waals surface area (Å²) in [5.41, 5.74) is 1.91. The zero-order valence-electron chi connectivity index (χ0n) is 10.6. The van der Waals surface area contributed by atoms with E-state index in [0.717, 1.165) is 24.0 Å². The van der Waals surface area contributed by atoms with E-state index in [0.29, 0.717) is 0 Å². The fourth-order valence-corrected chi connectivity index (χ4v) is 1.84. The molecule has 1 aliphatic heterocycles. The van der Waals surface area contributed by atoms with Crippen molar-refractivity contribution in [3.8, 4) is 0 Å². The number of carbonyl (C=O) groups excluding carboxylic acids is 1. The van der Waals surface area contributed by atoms with Crippen molar-refractivity contribution in [2.24, 2.45) is 0 Å². The van der Waals surface area contributed by atoms with Gasteiger partial charge >= 0.3 is 0 Å². The molecule has 0 radical (unpaired) electrons. The molecular formula is C14H21NO. The molecule has 0 atom stereocenters. The van der Waals surface area contributed by atoms with Crippen LogP contribution in [0.25, 0.3) is 0 Å². The van der Waals surface area contributed by atoms with Gasteiger partial charge in [0.25, 0.3) is 5.91 Å². The molecule has 0 saturated carbocycles. The van der Waals surface area contributed by atoms with Crippen molar-refractivity contribution >= 4 is 5.91 Å². The third-order valence-electron chi connectivity index (χ3n) is 2.73. The van der Waals surface area contributed by atoms with Crippen LogP contribution in [-0.4, -0.2) is 11.4 Å². The Kier molecular flexibility index (Phi) is 4.11. The normalized spacial score (nSPS) is 17.4. The first-order valence-electron chi connectivity index (χ1n) is 5.99. The van der Waals surface area contributed by atoms with Crippen LogP contribution in [0.15, 0.2) is 24.3 Å². The highest BCUT2D eigenvalue weighted by molar-refractivity contribution is 5.96. The number of nitrogens with one attached hydrogen (secondary N) is 1. The maximum atomic E-state index is 11.8. The highest BCUT2D eigenvalue weighted by Crippen LogP contribution is 2.21.